The van der Waals surface area contributed by atoms with Gasteiger partial charge in [-0.3, -0.25) is 14.9 Å². The van der Waals surface area contributed by atoms with Crippen LogP contribution in [0.4, 0.5) is 5.13 Å². The van der Waals surface area contributed by atoms with Gasteiger partial charge in [0.05, 0.1) is 5.69 Å². The molecule has 0 aliphatic heterocycles. The Morgan fingerprint density at radius 1 is 1.53 bits per heavy atom. The van der Waals surface area contributed by atoms with Crippen molar-refractivity contribution in [3.8, 4) is 0 Å². The molecule has 0 aliphatic carbocycles. The maximum absolute atomic E-state index is 11.8. The van der Waals surface area contributed by atoms with Crippen molar-refractivity contribution in [3.05, 3.63) is 45.3 Å². The van der Waals surface area contributed by atoms with Crippen molar-refractivity contribution >= 4 is 22.4 Å². The zero-order valence-corrected chi connectivity index (χ0v) is 10.2. The summed E-state index contributed by atoms with van der Waals surface area (Å²) in [4.78, 5) is 27.6. The number of nitrogens with one attached hydrogen (secondary N) is 1. The number of hydrogen-bond acceptors (Lipinski definition) is 4. The summed E-state index contributed by atoms with van der Waals surface area (Å²) in [6, 6.07) is 3.15. The fraction of sp³-hybridized carbons (Fsp3) is 0.182. The molecule has 6 heteroatoms. The molecule has 0 radical (unpaired) electrons. The molecule has 2 rings (SSSR count). The van der Waals surface area contributed by atoms with Crippen molar-refractivity contribution < 1.29 is 4.79 Å². The predicted molar refractivity (Wildman–Crippen MR) is 66.5 cm³/mol. The Morgan fingerprint density at radius 3 is 2.94 bits per heavy atom. The molecule has 0 saturated heterocycles. The maximum Gasteiger partial charge on any atom is 0.263 e. The Kier molecular flexibility index (Phi) is 3.06. The van der Waals surface area contributed by atoms with Crippen molar-refractivity contribution in [3.63, 3.8) is 0 Å². The highest BCUT2D eigenvalue weighted by atomic mass is 32.1. The van der Waals surface area contributed by atoms with E-state index in [9.17, 15) is 9.59 Å². The van der Waals surface area contributed by atoms with Crippen molar-refractivity contribution in [1.29, 1.82) is 0 Å². The summed E-state index contributed by atoms with van der Waals surface area (Å²) >= 11 is 1.33. The van der Waals surface area contributed by atoms with E-state index in [1.165, 1.54) is 22.0 Å². The number of pyridine rings is 1. The number of aryl methyl sites for hydroxylation is 2. The van der Waals surface area contributed by atoms with Crippen molar-refractivity contribution in [1.82, 2.24) is 9.55 Å². The fourth-order valence-electron chi connectivity index (χ4n) is 1.35. The Bertz CT molecular complexity index is 615. The van der Waals surface area contributed by atoms with E-state index in [1.807, 2.05) is 12.3 Å². The molecule has 0 unspecified atom stereocenters. The first kappa shape index (κ1) is 11.5. The van der Waals surface area contributed by atoms with Gasteiger partial charge >= 0.3 is 0 Å². The number of nitrogens with zero attached hydrogens (tertiary/aromatic N) is 2. The lowest BCUT2D eigenvalue weighted by atomic mass is 10.2. The average molecular weight is 249 g/mol. The zero-order chi connectivity index (χ0) is 12.4. The third kappa shape index (κ3) is 2.42. The summed E-state index contributed by atoms with van der Waals surface area (Å²) < 4.78 is 1.36. The summed E-state index contributed by atoms with van der Waals surface area (Å²) in [5, 5.41) is 4.93. The molecular weight excluding hydrogens is 238 g/mol. The molecule has 2 heterocycles. The van der Waals surface area contributed by atoms with Gasteiger partial charge in [0, 0.05) is 18.6 Å². The number of carbonyl (C=O) groups is 1. The summed E-state index contributed by atoms with van der Waals surface area (Å²) in [5.74, 6) is -0.430. The van der Waals surface area contributed by atoms with Gasteiger partial charge in [0.1, 0.15) is 5.56 Å². The van der Waals surface area contributed by atoms with E-state index in [4.69, 9.17) is 0 Å². The molecule has 2 aromatic heterocycles. The van der Waals surface area contributed by atoms with Gasteiger partial charge in [-0.15, -0.1) is 11.3 Å². The molecule has 2 aromatic rings. The molecule has 88 valence electrons. The minimum Gasteiger partial charge on any atom is -0.318 e. The van der Waals surface area contributed by atoms with Crippen LogP contribution < -0.4 is 10.9 Å². The van der Waals surface area contributed by atoms with Crippen LogP contribution in [0.5, 0.6) is 0 Å². The Labute approximate surface area is 102 Å². The first-order chi connectivity index (χ1) is 8.08. The Morgan fingerprint density at radius 2 is 2.29 bits per heavy atom. The third-order valence-electron chi connectivity index (χ3n) is 2.21. The predicted octanol–water partition coefficient (Wildman–Crippen LogP) is 1.40. The molecular formula is C11H11N3O2S. The second-order valence-corrected chi connectivity index (χ2v) is 4.44. The standard InChI is InChI=1S/C11H11N3O2S/c1-7-6-17-11(12-7)13-9(15)8-4-3-5-14(2)10(8)16/h3-6H,1-2H3,(H,12,13,15). The molecule has 0 atom stereocenters. The van der Waals surface area contributed by atoms with Crippen LogP contribution in [0.15, 0.2) is 28.5 Å². The van der Waals surface area contributed by atoms with Crippen LogP contribution in [0.3, 0.4) is 0 Å². The summed E-state index contributed by atoms with van der Waals surface area (Å²) in [5.41, 5.74) is 0.632. The normalized spacial score (nSPS) is 10.2. The molecule has 17 heavy (non-hydrogen) atoms. The van der Waals surface area contributed by atoms with Crippen LogP contribution in [-0.4, -0.2) is 15.5 Å². The minimum atomic E-state index is -0.430. The van der Waals surface area contributed by atoms with E-state index in [2.05, 4.69) is 10.3 Å². The highest BCUT2D eigenvalue weighted by molar-refractivity contribution is 7.13. The van der Waals surface area contributed by atoms with Gasteiger partial charge in [-0.1, -0.05) is 0 Å². The zero-order valence-electron chi connectivity index (χ0n) is 9.43. The maximum atomic E-state index is 11.8. The molecule has 1 amide bonds. The molecule has 0 fully saturated rings. The molecule has 0 bridgehead atoms. The van der Waals surface area contributed by atoms with E-state index in [1.54, 1.807) is 19.3 Å². The average Bonchev–Trinajstić information content (AvgIpc) is 2.68. The van der Waals surface area contributed by atoms with Crippen LogP contribution in [0.2, 0.25) is 0 Å². The van der Waals surface area contributed by atoms with E-state index in [-0.39, 0.29) is 11.1 Å². The number of hydrogen-bond donors (Lipinski definition) is 1. The van der Waals surface area contributed by atoms with E-state index in [0.29, 0.717) is 5.13 Å². The lowest BCUT2D eigenvalue weighted by Crippen LogP contribution is -2.26. The molecule has 1 N–H and O–H groups in total. The van der Waals surface area contributed by atoms with Gasteiger partial charge in [0.2, 0.25) is 0 Å². The molecule has 0 aromatic carbocycles. The first-order valence-corrected chi connectivity index (χ1v) is 5.85. The molecule has 0 aliphatic rings. The minimum absolute atomic E-state index is 0.114. The van der Waals surface area contributed by atoms with Gasteiger partial charge in [-0.05, 0) is 19.1 Å². The number of aromatic nitrogens is 2. The molecule has 0 saturated carbocycles. The van der Waals surface area contributed by atoms with Crippen LogP contribution >= 0.6 is 11.3 Å². The van der Waals surface area contributed by atoms with Gasteiger partial charge in [-0.2, -0.15) is 0 Å². The fourth-order valence-corrected chi connectivity index (χ4v) is 2.03. The number of rotatable bonds is 2. The number of amides is 1. The lowest BCUT2D eigenvalue weighted by molar-refractivity contribution is 0.102. The van der Waals surface area contributed by atoms with Gasteiger partial charge < -0.3 is 4.57 Å². The van der Waals surface area contributed by atoms with Crippen molar-refractivity contribution in [2.24, 2.45) is 7.05 Å². The monoisotopic (exact) mass is 249 g/mol. The SMILES string of the molecule is Cc1csc(NC(=O)c2cccn(C)c2=O)n1. The highest BCUT2D eigenvalue weighted by Gasteiger charge is 2.12. The van der Waals surface area contributed by atoms with Crippen LogP contribution in [0, 0.1) is 6.92 Å². The Balaban J connectivity index is 2.26. The lowest BCUT2D eigenvalue weighted by Gasteiger charge is -2.02. The van der Waals surface area contributed by atoms with Crippen LogP contribution in [0.1, 0.15) is 16.1 Å². The summed E-state index contributed by atoms with van der Waals surface area (Å²) in [6.45, 7) is 1.84. The quantitative estimate of drug-likeness (QED) is 0.875. The van der Waals surface area contributed by atoms with Crippen LogP contribution in [0.25, 0.3) is 0 Å². The van der Waals surface area contributed by atoms with Crippen molar-refractivity contribution in [2.45, 2.75) is 6.92 Å². The number of thiazole rings is 1. The molecule has 0 spiro atoms. The first-order valence-electron chi connectivity index (χ1n) is 4.97. The second-order valence-electron chi connectivity index (χ2n) is 3.59. The molecule has 5 nitrogen and oxygen atoms in total. The highest BCUT2D eigenvalue weighted by Crippen LogP contribution is 2.14. The van der Waals surface area contributed by atoms with E-state index < -0.39 is 5.91 Å². The van der Waals surface area contributed by atoms with Gasteiger partial charge in [-0.25, -0.2) is 4.98 Å². The number of carbonyl (C=O) groups excluding carboxylic acids is 1. The van der Waals surface area contributed by atoms with Gasteiger partial charge in [0.15, 0.2) is 5.13 Å². The topological polar surface area (TPSA) is 64.0 Å². The largest absolute Gasteiger partial charge is 0.318 e. The second kappa shape index (κ2) is 4.50. The van der Waals surface area contributed by atoms with Crippen LogP contribution in [-0.2, 0) is 7.05 Å². The summed E-state index contributed by atoms with van der Waals surface area (Å²) in [7, 11) is 1.60. The smallest absolute Gasteiger partial charge is 0.263 e. The Hall–Kier alpha value is -1.95. The summed E-state index contributed by atoms with van der Waals surface area (Å²) in [6.07, 6.45) is 1.60. The van der Waals surface area contributed by atoms with Gasteiger partial charge in [0.25, 0.3) is 11.5 Å². The van der Waals surface area contributed by atoms with Crippen molar-refractivity contribution in [2.75, 3.05) is 5.32 Å². The third-order valence-corrected chi connectivity index (χ3v) is 3.08. The number of anilines is 1. The van der Waals surface area contributed by atoms with E-state index >= 15 is 0 Å². The van der Waals surface area contributed by atoms with E-state index in [0.717, 1.165) is 5.69 Å².